The number of nitriles is 1. The van der Waals surface area contributed by atoms with E-state index in [1.54, 1.807) is 42.5 Å². The molecule has 2 rings (SSSR count). The molecule has 0 saturated carbocycles. The lowest BCUT2D eigenvalue weighted by molar-refractivity contribution is -0.112. The van der Waals surface area contributed by atoms with Crippen LogP contribution < -0.4 is 14.8 Å². The highest BCUT2D eigenvalue weighted by atomic mass is 16.5. The highest BCUT2D eigenvalue weighted by Gasteiger charge is 2.12. The summed E-state index contributed by atoms with van der Waals surface area (Å²) in [5.41, 5.74) is 0.656. The third-order valence-corrected chi connectivity index (χ3v) is 3.24. The van der Waals surface area contributed by atoms with Gasteiger partial charge >= 0.3 is 0 Å². The summed E-state index contributed by atoms with van der Waals surface area (Å²) in [5, 5.41) is 21.9. The first-order chi connectivity index (χ1) is 11.6. The number of benzene rings is 2. The number of nitrogens with one attached hydrogen (secondary N) is 1. The van der Waals surface area contributed by atoms with Gasteiger partial charge in [-0.1, -0.05) is 18.2 Å². The van der Waals surface area contributed by atoms with Gasteiger partial charge in [-0.3, -0.25) is 4.79 Å². The first-order valence-corrected chi connectivity index (χ1v) is 7.02. The third kappa shape index (κ3) is 3.84. The third-order valence-electron chi connectivity index (χ3n) is 3.24. The number of phenolic OH excluding ortho intramolecular Hbond substituents is 1. The van der Waals surface area contributed by atoms with Crippen molar-refractivity contribution in [1.29, 1.82) is 5.26 Å². The second kappa shape index (κ2) is 7.70. The van der Waals surface area contributed by atoms with Crippen LogP contribution in [0.15, 0.2) is 48.0 Å². The van der Waals surface area contributed by atoms with Crippen LogP contribution in [0.4, 0.5) is 5.69 Å². The Labute approximate surface area is 139 Å². The summed E-state index contributed by atoms with van der Waals surface area (Å²) in [5.74, 6) is 0.116. The Morgan fingerprint density at radius 3 is 2.62 bits per heavy atom. The topological polar surface area (TPSA) is 91.6 Å². The SMILES string of the molecule is COc1cccc(NC(=O)/C(C#N)=C\c2cccc(OC)c2O)c1. The molecule has 0 aromatic heterocycles. The molecule has 6 nitrogen and oxygen atoms in total. The van der Waals surface area contributed by atoms with Gasteiger partial charge in [-0.05, 0) is 24.3 Å². The van der Waals surface area contributed by atoms with E-state index in [4.69, 9.17) is 9.47 Å². The van der Waals surface area contributed by atoms with E-state index in [9.17, 15) is 15.2 Å². The van der Waals surface area contributed by atoms with Crippen molar-refractivity contribution in [2.45, 2.75) is 0 Å². The number of phenols is 1. The van der Waals surface area contributed by atoms with Gasteiger partial charge in [0.25, 0.3) is 5.91 Å². The van der Waals surface area contributed by atoms with Gasteiger partial charge in [-0.25, -0.2) is 0 Å². The van der Waals surface area contributed by atoms with Gasteiger partial charge in [-0.15, -0.1) is 0 Å². The van der Waals surface area contributed by atoms with Crippen LogP contribution in [0.25, 0.3) is 6.08 Å². The Balaban J connectivity index is 2.27. The first kappa shape index (κ1) is 16.9. The van der Waals surface area contributed by atoms with Crippen molar-refractivity contribution in [3.63, 3.8) is 0 Å². The number of para-hydroxylation sites is 1. The number of anilines is 1. The lowest BCUT2D eigenvalue weighted by atomic mass is 10.1. The van der Waals surface area contributed by atoms with Gasteiger partial charge in [-0.2, -0.15) is 5.26 Å². The van der Waals surface area contributed by atoms with Crippen molar-refractivity contribution in [1.82, 2.24) is 0 Å². The van der Waals surface area contributed by atoms with E-state index in [0.29, 0.717) is 17.0 Å². The molecule has 0 unspecified atom stereocenters. The molecular formula is C18H16N2O4. The largest absolute Gasteiger partial charge is 0.504 e. The Hall–Kier alpha value is -3.46. The number of rotatable bonds is 5. The molecule has 6 heteroatoms. The summed E-state index contributed by atoms with van der Waals surface area (Å²) in [4.78, 5) is 12.3. The normalized spacial score (nSPS) is 10.6. The monoisotopic (exact) mass is 324 g/mol. The zero-order valence-corrected chi connectivity index (χ0v) is 13.2. The van der Waals surface area contributed by atoms with E-state index >= 15 is 0 Å². The van der Waals surface area contributed by atoms with Crippen LogP contribution in [0.5, 0.6) is 17.2 Å². The van der Waals surface area contributed by atoms with Gasteiger partial charge in [0.1, 0.15) is 17.4 Å². The number of carbonyl (C=O) groups excluding carboxylic acids is 1. The number of hydrogen-bond acceptors (Lipinski definition) is 5. The predicted molar refractivity (Wildman–Crippen MR) is 89.9 cm³/mol. The van der Waals surface area contributed by atoms with Crippen LogP contribution in [0, 0.1) is 11.3 Å². The summed E-state index contributed by atoms with van der Waals surface area (Å²) in [7, 11) is 2.94. The molecule has 0 bridgehead atoms. The lowest BCUT2D eigenvalue weighted by Gasteiger charge is -2.08. The minimum absolute atomic E-state index is 0.137. The quantitative estimate of drug-likeness (QED) is 0.652. The van der Waals surface area contributed by atoms with Gasteiger partial charge in [0.2, 0.25) is 0 Å². The molecule has 0 heterocycles. The Morgan fingerprint density at radius 2 is 1.96 bits per heavy atom. The average Bonchev–Trinajstić information content (AvgIpc) is 2.60. The summed E-state index contributed by atoms with van der Waals surface area (Å²) < 4.78 is 10.1. The van der Waals surface area contributed by atoms with Gasteiger partial charge < -0.3 is 19.9 Å². The minimum atomic E-state index is -0.590. The molecule has 2 N–H and O–H groups in total. The van der Waals surface area contributed by atoms with E-state index in [2.05, 4.69) is 5.32 Å². The molecule has 0 spiro atoms. The van der Waals surface area contributed by atoms with Gasteiger partial charge in [0.15, 0.2) is 11.5 Å². The van der Waals surface area contributed by atoms with E-state index in [-0.39, 0.29) is 17.1 Å². The van der Waals surface area contributed by atoms with Crippen molar-refractivity contribution in [2.75, 3.05) is 19.5 Å². The van der Waals surface area contributed by atoms with E-state index < -0.39 is 5.91 Å². The molecule has 2 aromatic rings. The highest BCUT2D eigenvalue weighted by Crippen LogP contribution is 2.31. The van der Waals surface area contributed by atoms with Crippen LogP contribution >= 0.6 is 0 Å². The summed E-state index contributed by atoms with van der Waals surface area (Å²) in [6.07, 6.45) is 1.30. The molecule has 122 valence electrons. The fraction of sp³-hybridized carbons (Fsp3) is 0.111. The molecule has 0 aliphatic carbocycles. The van der Waals surface area contributed by atoms with Gasteiger partial charge in [0, 0.05) is 17.3 Å². The highest BCUT2D eigenvalue weighted by molar-refractivity contribution is 6.09. The number of aromatic hydroxyl groups is 1. The van der Waals surface area contributed by atoms with Crippen LogP contribution in [-0.2, 0) is 4.79 Å². The summed E-state index contributed by atoms with van der Waals surface area (Å²) >= 11 is 0. The maximum Gasteiger partial charge on any atom is 0.266 e. The van der Waals surface area contributed by atoms with Crippen LogP contribution in [0.1, 0.15) is 5.56 Å². The Kier molecular flexibility index (Phi) is 5.42. The molecular weight excluding hydrogens is 308 g/mol. The van der Waals surface area contributed by atoms with E-state index in [1.165, 1.54) is 20.3 Å². The Morgan fingerprint density at radius 1 is 1.21 bits per heavy atom. The first-order valence-electron chi connectivity index (χ1n) is 7.02. The molecule has 0 radical (unpaired) electrons. The van der Waals surface area contributed by atoms with Crippen molar-refractivity contribution in [3.05, 3.63) is 53.6 Å². The van der Waals surface area contributed by atoms with Crippen molar-refractivity contribution < 1.29 is 19.4 Å². The van der Waals surface area contributed by atoms with Crippen molar-refractivity contribution >= 4 is 17.7 Å². The average molecular weight is 324 g/mol. The number of ether oxygens (including phenoxy) is 2. The minimum Gasteiger partial charge on any atom is -0.504 e. The van der Waals surface area contributed by atoms with Crippen LogP contribution in [0.3, 0.4) is 0 Å². The van der Waals surface area contributed by atoms with Crippen LogP contribution in [-0.4, -0.2) is 25.2 Å². The predicted octanol–water partition coefficient (Wildman–Crippen LogP) is 2.96. The molecule has 1 amide bonds. The molecule has 0 aliphatic heterocycles. The second-order valence-electron chi connectivity index (χ2n) is 4.75. The maximum absolute atomic E-state index is 12.3. The number of methoxy groups -OCH3 is 2. The molecule has 0 fully saturated rings. The fourth-order valence-corrected chi connectivity index (χ4v) is 2.02. The fourth-order valence-electron chi connectivity index (χ4n) is 2.02. The summed E-state index contributed by atoms with van der Waals surface area (Å²) in [6, 6.07) is 13.4. The molecule has 2 aromatic carbocycles. The Bertz CT molecular complexity index is 822. The van der Waals surface area contributed by atoms with Crippen molar-refractivity contribution in [3.8, 4) is 23.3 Å². The molecule has 24 heavy (non-hydrogen) atoms. The van der Waals surface area contributed by atoms with Gasteiger partial charge in [0.05, 0.1) is 14.2 Å². The standard InChI is InChI=1S/C18H16N2O4/c1-23-15-7-4-6-14(10-15)20-18(22)13(11-19)9-12-5-3-8-16(24-2)17(12)21/h3-10,21H,1-2H3,(H,20,22)/b13-9-. The number of hydrogen-bond donors (Lipinski definition) is 2. The van der Waals surface area contributed by atoms with Crippen molar-refractivity contribution in [2.24, 2.45) is 0 Å². The summed E-state index contributed by atoms with van der Waals surface area (Å²) in [6.45, 7) is 0. The number of nitrogens with zero attached hydrogens (tertiary/aromatic N) is 1. The van der Waals surface area contributed by atoms with Crippen LogP contribution in [0.2, 0.25) is 0 Å². The zero-order valence-electron chi connectivity index (χ0n) is 13.2. The molecule has 0 aliphatic rings. The number of carbonyl (C=O) groups is 1. The molecule has 0 saturated heterocycles. The maximum atomic E-state index is 12.3. The zero-order chi connectivity index (χ0) is 17.5. The number of amides is 1. The smallest absolute Gasteiger partial charge is 0.266 e. The lowest BCUT2D eigenvalue weighted by Crippen LogP contribution is -2.13. The van der Waals surface area contributed by atoms with E-state index in [1.807, 2.05) is 6.07 Å². The second-order valence-corrected chi connectivity index (χ2v) is 4.75. The van der Waals surface area contributed by atoms with E-state index in [0.717, 1.165) is 0 Å². The molecule has 0 atom stereocenters.